The molecule has 0 aliphatic carbocycles. The molecule has 1 fully saturated rings. The van der Waals surface area contributed by atoms with Gasteiger partial charge in [0.25, 0.3) is 0 Å². The third-order valence-electron chi connectivity index (χ3n) is 2.43. The maximum absolute atomic E-state index is 5.46. The highest BCUT2D eigenvalue weighted by Crippen LogP contribution is 2.29. The monoisotopic (exact) mass is 167 g/mol. The summed E-state index contributed by atoms with van der Waals surface area (Å²) in [5, 5.41) is 0. The molecule has 0 atom stereocenters. The molecule has 1 aliphatic rings. The SMILES string of the molecule is C#CC(C)(C)N1COCC1(C)C. The molecule has 0 aromatic heterocycles. The Morgan fingerprint density at radius 1 is 1.50 bits per heavy atom. The van der Waals surface area contributed by atoms with E-state index >= 15 is 0 Å². The molecule has 1 aliphatic heterocycles. The molecule has 0 aromatic carbocycles. The van der Waals surface area contributed by atoms with Crippen molar-refractivity contribution in [1.82, 2.24) is 4.90 Å². The molecule has 0 aromatic rings. The molecule has 1 heterocycles. The second-order valence-electron chi connectivity index (χ2n) is 4.42. The Hall–Kier alpha value is -0.520. The van der Waals surface area contributed by atoms with E-state index in [1.807, 2.05) is 13.8 Å². The van der Waals surface area contributed by atoms with Crippen molar-refractivity contribution < 1.29 is 4.74 Å². The van der Waals surface area contributed by atoms with Gasteiger partial charge in [0.2, 0.25) is 0 Å². The van der Waals surface area contributed by atoms with Crippen LogP contribution in [0.15, 0.2) is 0 Å². The maximum Gasteiger partial charge on any atom is 0.101 e. The van der Waals surface area contributed by atoms with Crippen LogP contribution in [0.2, 0.25) is 0 Å². The largest absolute Gasteiger partial charge is 0.364 e. The predicted octanol–water partition coefficient (Wildman–Crippen LogP) is 1.47. The Labute approximate surface area is 74.9 Å². The van der Waals surface area contributed by atoms with E-state index in [0.717, 1.165) is 6.61 Å². The predicted molar refractivity (Wildman–Crippen MR) is 49.6 cm³/mol. The lowest BCUT2D eigenvalue weighted by Crippen LogP contribution is -2.51. The van der Waals surface area contributed by atoms with Crippen LogP contribution in [0, 0.1) is 12.3 Å². The van der Waals surface area contributed by atoms with E-state index in [4.69, 9.17) is 11.2 Å². The Morgan fingerprint density at radius 2 is 2.08 bits per heavy atom. The summed E-state index contributed by atoms with van der Waals surface area (Å²) < 4.78 is 5.39. The molecular formula is C10H17NO. The Kier molecular flexibility index (Phi) is 2.20. The van der Waals surface area contributed by atoms with Crippen LogP contribution in [0.4, 0.5) is 0 Å². The number of hydrogen-bond donors (Lipinski definition) is 0. The Balaban J connectivity index is 2.84. The van der Waals surface area contributed by atoms with Crippen molar-refractivity contribution in [2.75, 3.05) is 13.3 Å². The van der Waals surface area contributed by atoms with Crippen LogP contribution in [0.25, 0.3) is 0 Å². The van der Waals surface area contributed by atoms with Crippen molar-refractivity contribution in [1.29, 1.82) is 0 Å². The van der Waals surface area contributed by atoms with Crippen LogP contribution in [0.5, 0.6) is 0 Å². The van der Waals surface area contributed by atoms with E-state index < -0.39 is 0 Å². The van der Waals surface area contributed by atoms with Gasteiger partial charge in [0.1, 0.15) is 6.73 Å². The zero-order valence-corrected chi connectivity index (χ0v) is 8.35. The van der Waals surface area contributed by atoms with Crippen LogP contribution < -0.4 is 0 Å². The van der Waals surface area contributed by atoms with Crippen LogP contribution in [-0.2, 0) is 4.74 Å². The lowest BCUT2D eigenvalue weighted by molar-refractivity contribution is 0.0704. The van der Waals surface area contributed by atoms with E-state index in [1.54, 1.807) is 0 Å². The molecule has 0 saturated carbocycles. The smallest absolute Gasteiger partial charge is 0.101 e. The number of terminal acetylenes is 1. The highest BCUT2D eigenvalue weighted by Gasteiger charge is 2.41. The van der Waals surface area contributed by atoms with E-state index in [9.17, 15) is 0 Å². The Morgan fingerprint density at radius 3 is 2.42 bits per heavy atom. The van der Waals surface area contributed by atoms with E-state index in [2.05, 4.69) is 24.7 Å². The standard InChI is InChI=1S/C10H17NO/c1-6-9(2,3)11-8-12-7-10(11,4)5/h1H,7-8H2,2-5H3. The second kappa shape index (κ2) is 2.76. The van der Waals surface area contributed by atoms with Crippen LogP contribution in [0.1, 0.15) is 27.7 Å². The summed E-state index contributed by atoms with van der Waals surface area (Å²) in [6.45, 7) is 9.80. The van der Waals surface area contributed by atoms with Crippen LogP contribution in [-0.4, -0.2) is 29.3 Å². The van der Waals surface area contributed by atoms with Crippen molar-refractivity contribution >= 4 is 0 Å². The van der Waals surface area contributed by atoms with Crippen LogP contribution >= 0.6 is 0 Å². The first-order chi connectivity index (χ1) is 5.40. The summed E-state index contributed by atoms with van der Waals surface area (Å²) in [5.41, 5.74) is -0.143. The molecule has 0 amide bonds. The third kappa shape index (κ3) is 1.48. The van der Waals surface area contributed by atoms with Crippen molar-refractivity contribution in [3.8, 4) is 12.3 Å². The fourth-order valence-corrected chi connectivity index (χ4v) is 1.64. The fourth-order valence-electron chi connectivity index (χ4n) is 1.64. The highest BCUT2D eigenvalue weighted by atomic mass is 16.5. The highest BCUT2D eigenvalue weighted by molar-refractivity contribution is 5.11. The lowest BCUT2D eigenvalue weighted by atomic mass is 9.96. The van der Waals surface area contributed by atoms with Gasteiger partial charge in [-0.1, -0.05) is 5.92 Å². The van der Waals surface area contributed by atoms with Gasteiger partial charge in [-0.15, -0.1) is 6.42 Å². The average Bonchev–Trinajstić information content (AvgIpc) is 2.30. The zero-order valence-electron chi connectivity index (χ0n) is 8.35. The molecule has 68 valence electrons. The maximum atomic E-state index is 5.46. The van der Waals surface area contributed by atoms with Gasteiger partial charge < -0.3 is 4.74 Å². The molecule has 1 rings (SSSR count). The molecule has 0 spiro atoms. The summed E-state index contributed by atoms with van der Waals surface area (Å²) in [6.07, 6.45) is 5.46. The zero-order chi connectivity index (χ0) is 9.41. The third-order valence-corrected chi connectivity index (χ3v) is 2.43. The first-order valence-electron chi connectivity index (χ1n) is 4.23. The first kappa shape index (κ1) is 9.57. The number of rotatable bonds is 1. The quantitative estimate of drug-likeness (QED) is 0.548. The summed E-state index contributed by atoms with van der Waals surface area (Å²) in [4.78, 5) is 2.21. The minimum absolute atomic E-state index is 0.0653. The summed E-state index contributed by atoms with van der Waals surface area (Å²) in [6, 6.07) is 0. The van der Waals surface area contributed by atoms with E-state index in [-0.39, 0.29) is 11.1 Å². The normalized spacial score (nSPS) is 23.9. The summed E-state index contributed by atoms with van der Waals surface area (Å²) in [7, 11) is 0. The average molecular weight is 167 g/mol. The summed E-state index contributed by atoms with van der Waals surface area (Å²) >= 11 is 0. The topological polar surface area (TPSA) is 12.5 Å². The molecule has 0 N–H and O–H groups in total. The number of nitrogens with zero attached hydrogens (tertiary/aromatic N) is 1. The van der Waals surface area contributed by atoms with Gasteiger partial charge in [0.05, 0.1) is 12.1 Å². The molecule has 0 radical (unpaired) electrons. The van der Waals surface area contributed by atoms with Gasteiger partial charge in [-0.05, 0) is 27.7 Å². The fraction of sp³-hybridized carbons (Fsp3) is 0.800. The minimum atomic E-state index is -0.208. The molecule has 0 bridgehead atoms. The van der Waals surface area contributed by atoms with Gasteiger partial charge in [-0.3, -0.25) is 4.90 Å². The van der Waals surface area contributed by atoms with Gasteiger partial charge in [0, 0.05) is 5.54 Å². The Bertz CT molecular complexity index is 212. The molecular weight excluding hydrogens is 150 g/mol. The second-order valence-corrected chi connectivity index (χ2v) is 4.42. The van der Waals surface area contributed by atoms with Gasteiger partial charge in [0.15, 0.2) is 0 Å². The van der Waals surface area contributed by atoms with Gasteiger partial charge >= 0.3 is 0 Å². The molecule has 2 nitrogen and oxygen atoms in total. The van der Waals surface area contributed by atoms with Gasteiger partial charge in [-0.25, -0.2) is 0 Å². The van der Waals surface area contributed by atoms with Crippen molar-refractivity contribution in [2.24, 2.45) is 0 Å². The lowest BCUT2D eigenvalue weighted by Gasteiger charge is -2.39. The minimum Gasteiger partial charge on any atom is -0.364 e. The van der Waals surface area contributed by atoms with Gasteiger partial charge in [-0.2, -0.15) is 0 Å². The summed E-state index contributed by atoms with van der Waals surface area (Å²) in [5.74, 6) is 2.78. The molecule has 12 heavy (non-hydrogen) atoms. The van der Waals surface area contributed by atoms with E-state index in [1.165, 1.54) is 0 Å². The van der Waals surface area contributed by atoms with E-state index in [0.29, 0.717) is 6.73 Å². The first-order valence-corrected chi connectivity index (χ1v) is 4.23. The number of ether oxygens (including phenoxy) is 1. The van der Waals surface area contributed by atoms with Crippen molar-refractivity contribution in [3.63, 3.8) is 0 Å². The molecule has 0 unspecified atom stereocenters. The van der Waals surface area contributed by atoms with Crippen molar-refractivity contribution in [2.45, 2.75) is 38.8 Å². The van der Waals surface area contributed by atoms with Crippen molar-refractivity contribution in [3.05, 3.63) is 0 Å². The van der Waals surface area contributed by atoms with Crippen LogP contribution in [0.3, 0.4) is 0 Å². The number of hydrogen-bond acceptors (Lipinski definition) is 2. The molecule has 1 saturated heterocycles. The molecule has 2 heteroatoms.